The van der Waals surface area contributed by atoms with Crippen LogP contribution in [0.4, 0.5) is 10.5 Å². The third-order valence-electron chi connectivity index (χ3n) is 5.56. The van der Waals surface area contributed by atoms with Crippen molar-refractivity contribution >= 4 is 83.5 Å². The monoisotopic (exact) mass is 603 g/mol. The summed E-state index contributed by atoms with van der Waals surface area (Å²) < 4.78 is 29.5. The molecule has 34 heavy (non-hydrogen) atoms. The summed E-state index contributed by atoms with van der Waals surface area (Å²) in [4.78, 5) is 23.3. The molecule has 1 aliphatic rings. The van der Waals surface area contributed by atoms with Gasteiger partial charge < -0.3 is 5.32 Å². The van der Waals surface area contributed by atoms with Crippen LogP contribution in [0.1, 0.15) is 26.7 Å². The lowest BCUT2D eigenvalue weighted by atomic mass is 10.1. The highest BCUT2D eigenvalue weighted by atomic mass is 79.9. The van der Waals surface area contributed by atoms with Gasteiger partial charge in [-0.15, -0.1) is 24.0 Å². The second kappa shape index (κ2) is 10.3. The third kappa shape index (κ3) is 5.36. The average Bonchev–Trinajstić information content (AvgIpc) is 3.15. The summed E-state index contributed by atoms with van der Waals surface area (Å²) in [5.74, 6) is 0. The number of rotatable bonds is 5. The van der Waals surface area contributed by atoms with E-state index in [-0.39, 0.29) is 28.2 Å². The zero-order valence-corrected chi connectivity index (χ0v) is 23.3. The van der Waals surface area contributed by atoms with Crippen molar-refractivity contribution in [3.05, 3.63) is 40.1 Å². The van der Waals surface area contributed by atoms with Crippen LogP contribution in [0, 0.1) is 0 Å². The molecule has 1 fully saturated rings. The van der Waals surface area contributed by atoms with Crippen LogP contribution in [0.2, 0.25) is 5.15 Å². The van der Waals surface area contributed by atoms with Crippen molar-refractivity contribution in [1.29, 1.82) is 0 Å². The van der Waals surface area contributed by atoms with Crippen molar-refractivity contribution in [2.45, 2.75) is 48.0 Å². The summed E-state index contributed by atoms with van der Waals surface area (Å²) in [5, 5.41) is 3.29. The Labute approximate surface area is 221 Å². The van der Waals surface area contributed by atoms with Crippen LogP contribution in [0.3, 0.4) is 0 Å². The van der Waals surface area contributed by atoms with E-state index in [1.165, 1.54) is 27.9 Å². The number of pyridine rings is 1. The lowest BCUT2D eigenvalue weighted by molar-refractivity contribution is 0.231. The number of carbonyl (C=O) groups is 1. The van der Waals surface area contributed by atoms with Crippen molar-refractivity contribution in [2.24, 2.45) is 0 Å². The number of urea groups is 1. The molecule has 8 nitrogen and oxygen atoms in total. The zero-order chi connectivity index (χ0) is 24.6. The van der Waals surface area contributed by atoms with Crippen molar-refractivity contribution in [3.63, 3.8) is 0 Å². The number of hydrogen-bond donors (Lipinski definition) is 2. The highest BCUT2D eigenvalue weighted by molar-refractivity contribution is 9.10. The minimum Gasteiger partial charge on any atom is -0.335 e. The first-order chi connectivity index (χ1) is 16.1. The fourth-order valence-electron chi connectivity index (χ4n) is 3.88. The third-order valence-corrected chi connectivity index (χ3v) is 9.76. The van der Waals surface area contributed by atoms with Gasteiger partial charge in [-0.25, -0.2) is 23.2 Å². The van der Waals surface area contributed by atoms with E-state index in [4.69, 9.17) is 11.6 Å². The Hall–Kier alpha value is -1.44. The molecule has 13 heteroatoms. The van der Waals surface area contributed by atoms with Gasteiger partial charge in [0.2, 0.25) is 10.0 Å². The minimum atomic E-state index is -3.70. The molecule has 1 aromatic carbocycles. The van der Waals surface area contributed by atoms with E-state index >= 15 is 0 Å². The van der Waals surface area contributed by atoms with E-state index in [0.717, 1.165) is 15.9 Å². The maximum Gasteiger partial charge on any atom is 0.322 e. The number of amides is 2. The van der Waals surface area contributed by atoms with Gasteiger partial charge in [-0.05, 0) is 66.9 Å². The SMILES string of the molecule is CC(C)N(C(=O)NC1CCN(S(=O)(=O)c2cnc(Cl)c(Br)c2)CC1)c1ccc2nc(S)sc2c1. The number of thiol groups is 1. The summed E-state index contributed by atoms with van der Waals surface area (Å²) in [6.45, 7) is 4.50. The van der Waals surface area contributed by atoms with Crippen LogP contribution >= 0.6 is 51.5 Å². The minimum absolute atomic E-state index is 0.0721. The predicted molar refractivity (Wildman–Crippen MR) is 142 cm³/mol. The van der Waals surface area contributed by atoms with E-state index in [9.17, 15) is 13.2 Å². The molecule has 2 aromatic heterocycles. The predicted octanol–water partition coefficient (Wildman–Crippen LogP) is 5.17. The molecule has 2 amide bonds. The van der Waals surface area contributed by atoms with Crippen LogP contribution in [0.25, 0.3) is 10.2 Å². The summed E-state index contributed by atoms with van der Waals surface area (Å²) in [5.41, 5.74) is 1.62. The van der Waals surface area contributed by atoms with E-state index in [1.807, 2.05) is 32.0 Å². The Kier molecular flexibility index (Phi) is 7.75. The van der Waals surface area contributed by atoms with E-state index in [0.29, 0.717) is 34.7 Å². The molecule has 0 spiro atoms. The van der Waals surface area contributed by atoms with Gasteiger partial charge in [0.1, 0.15) is 14.4 Å². The van der Waals surface area contributed by atoms with E-state index in [1.54, 1.807) is 4.90 Å². The fraction of sp³-hybridized carbons (Fsp3) is 0.381. The van der Waals surface area contributed by atoms with Crippen LogP contribution in [-0.4, -0.2) is 53.9 Å². The number of anilines is 1. The Morgan fingerprint density at radius 3 is 2.68 bits per heavy atom. The lowest BCUT2D eigenvalue weighted by Gasteiger charge is -2.34. The molecule has 182 valence electrons. The van der Waals surface area contributed by atoms with Crippen molar-refractivity contribution < 1.29 is 13.2 Å². The number of piperidine rings is 1. The summed E-state index contributed by atoms with van der Waals surface area (Å²) in [7, 11) is -3.70. The molecule has 1 aliphatic heterocycles. The first-order valence-electron chi connectivity index (χ1n) is 10.6. The number of hydrogen-bond acceptors (Lipinski definition) is 7. The van der Waals surface area contributed by atoms with Gasteiger partial charge in [-0.2, -0.15) is 4.31 Å². The number of aromatic nitrogens is 2. The average molecular weight is 605 g/mol. The molecule has 3 aromatic rings. The molecular weight excluding hydrogens is 582 g/mol. The smallest absolute Gasteiger partial charge is 0.322 e. The topological polar surface area (TPSA) is 95.5 Å². The lowest BCUT2D eigenvalue weighted by Crippen LogP contribution is -2.51. The Morgan fingerprint density at radius 2 is 2.03 bits per heavy atom. The molecule has 3 heterocycles. The van der Waals surface area contributed by atoms with E-state index < -0.39 is 10.0 Å². The fourth-order valence-corrected chi connectivity index (χ4v) is 7.07. The van der Waals surface area contributed by atoms with Crippen LogP contribution < -0.4 is 10.2 Å². The van der Waals surface area contributed by atoms with E-state index in [2.05, 4.69) is 43.8 Å². The summed E-state index contributed by atoms with van der Waals surface area (Å²) in [6.07, 6.45) is 2.28. The highest BCUT2D eigenvalue weighted by Gasteiger charge is 2.32. The normalized spacial score (nSPS) is 15.7. The molecular formula is C21H23BrClN5O3S3. The standard InChI is InChI=1S/C21H23BrClN5O3S3/c1-12(2)28(14-3-4-17-18(9-14)33-21(32)26-17)20(29)25-13-5-7-27(8-6-13)34(30,31)15-10-16(22)19(23)24-11-15/h3-4,9-13H,5-8H2,1-2H3,(H,25,29)(H,26,32). The van der Waals surface area contributed by atoms with Gasteiger partial charge >= 0.3 is 6.03 Å². The van der Waals surface area contributed by atoms with Gasteiger partial charge in [0.15, 0.2) is 0 Å². The van der Waals surface area contributed by atoms with Gasteiger partial charge in [-0.1, -0.05) is 11.6 Å². The Morgan fingerprint density at radius 1 is 1.32 bits per heavy atom. The Balaban J connectivity index is 1.42. The second-order valence-corrected chi connectivity index (χ2v) is 13.1. The number of benzene rings is 1. The largest absolute Gasteiger partial charge is 0.335 e. The first kappa shape index (κ1) is 25.6. The zero-order valence-electron chi connectivity index (χ0n) is 18.4. The first-order valence-corrected chi connectivity index (χ1v) is 14.4. The molecule has 0 unspecified atom stereocenters. The number of fused-ring (bicyclic) bond motifs is 1. The number of nitrogens with zero attached hydrogens (tertiary/aromatic N) is 4. The number of nitrogens with one attached hydrogen (secondary N) is 1. The number of sulfonamides is 1. The molecule has 0 radical (unpaired) electrons. The molecule has 1 saturated heterocycles. The number of carbonyl (C=O) groups excluding carboxylic acids is 1. The van der Waals surface area contributed by atoms with Gasteiger partial charge in [0, 0.05) is 37.1 Å². The highest BCUT2D eigenvalue weighted by Crippen LogP contribution is 2.30. The molecule has 1 N–H and O–H groups in total. The maximum absolute atomic E-state index is 13.2. The molecule has 4 rings (SSSR count). The molecule has 0 bridgehead atoms. The summed E-state index contributed by atoms with van der Waals surface area (Å²) >= 11 is 14.9. The van der Waals surface area contributed by atoms with Gasteiger partial charge in [0.25, 0.3) is 0 Å². The Bertz CT molecular complexity index is 1330. The van der Waals surface area contributed by atoms with Crippen molar-refractivity contribution in [1.82, 2.24) is 19.6 Å². The molecule has 0 aliphatic carbocycles. The number of thiazole rings is 1. The maximum atomic E-state index is 13.2. The quantitative estimate of drug-likeness (QED) is 0.309. The van der Waals surface area contributed by atoms with Crippen molar-refractivity contribution in [2.75, 3.05) is 18.0 Å². The van der Waals surface area contributed by atoms with Crippen LogP contribution in [0.5, 0.6) is 0 Å². The summed E-state index contributed by atoms with van der Waals surface area (Å²) in [6, 6.07) is 6.75. The van der Waals surface area contributed by atoms with Crippen molar-refractivity contribution in [3.8, 4) is 0 Å². The molecule has 0 saturated carbocycles. The van der Waals surface area contributed by atoms with Gasteiger partial charge in [-0.3, -0.25) is 4.90 Å². The van der Waals surface area contributed by atoms with Gasteiger partial charge in [0.05, 0.1) is 14.7 Å². The second-order valence-electron chi connectivity index (χ2n) is 8.18. The number of halogens is 2. The molecule has 0 atom stereocenters. The van der Waals surface area contributed by atoms with Crippen LogP contribution in [0.15, 0.2) is 44.2 Å². The van der Waals surface area contributed by atoms with Crippen LogP contribution in [-0.2, 0) is 10.0 Å².